The Morgan fingerprint density at radius 1 is 1.35 bits per heavy atom. The van der Waals surface area contributed by atoms with E-state index in [2.05, 4.69) is 5.10 Å². The van der Waals surface area contributed by atoms with Crippen molar-refractivity contribution in [3.8, 4) is 11.3 Å². The molecule has 17 heavy (non-hydrogen) atoms. The predicted molar refractivity (Wildman–Crippen MR) is 65.0 cm³/mol. The minimum absolute atomic E-state index is 0.299. The Kier molecular flexibility index (Phi) is 2.95. The van der Waals surface area contributed by atoms with E-state index >= 15 is 0 Å². The van der Waals surface area contributed by atoms with Gasteiger partial charge in [-0.15, -0.1) is 0 Å². The molecule has 88 valence electrons. The summed E-state index contributed by atoms with van der Waals surface area (Å²) in [5, 5.41) is 13.2. The van der Waals surface area contributed by atoms with Gasteiger partial charge in [-0.05, 0) is 37.6 Å². The van der Waals surface area contributed by atoms with Crippen LogP contribution in [0.2, 0.25) is 0 Å². The summed E-state index contributed by atoms with van der Waals surface area (Å²) < 4.78 is 1.91. The summed E-state index contributed by atoms with van der Waals surface area (Å²) in [6, 6.07) is 8.84. The average Bonchev–Trinajstić information content (AvgIpc) is 2.70. The number of rotatable bonds is 3. The zero-order valence-electron chi connectivity index (χ0n) is 9.84. The largest absolute Gasteiger partial charge is 0.478 e. The van der Waals surface area contributed by atoms with Gasteiger partial charge in [0.05, 0.1) is 17.0 Å². The minimum Gasteiger partial charge on any atom is -0.478 e. The molecule has 1 aromatic heterocycles. The van der Waals surface area contributed by atoms with Crippen molar-refractivity contribution in [3.05, 3.63) is 41.6 Å². The van der Waals surface area contributed by atoms with Crippen molar-refractivity contribution in [2.45, 2.75) is 20.4 Å². The number of benzene rings is 1. The minimum atomic E-state index is -0.906. The third kappa shape index (κ3) is 2.20. The van der Waals surface area contributed by atoms with Crippen LogP contribution >= 0.6 is 0 Å². The lowest BCUT2D eigenvalue weighted by Gasteiger charge is -2.04. The summed E-state index contributed by atoms with van der Waals surface area (Å²) in [4.78, 5) is 10.8. The highest BCUT2D eigenvalue weighted by molar-refractivity contribution is 5.88. The molecule has 1 heterocycles. The highest BCUT2D eigenvalue weighted by Crippen LogP contribution is 2.21. The van der Waals surface area contributed by atoms with Gasteiger partial charge in [0.1, 0.15) is 0 Å². The fraction of sp³-hybridized carbons (Fsp3) is 0.231. The van der Waals surface area contributed by atoms with Crippen molar-refractivity contribution in [2.75, 3.05) is 0 Å². The third-order valence-electron chi connectivity index (χ3n) is 2.63. The van der Waals surface area contributed by atoms with Gasteiger partial charge in [0.2, 0.25) is 0 Å². The number of carboxylic acid groups (broad SMARTS) is 1. The Morgan fingerprint density at radius 2 is 2.00 bits per heavy atom. The summed E-state index contributed by atoms with van der Waals surface area (Å²) >= 11 is 0. The van der Waals surface area contributed by atoms with Crippen molar-refractivity contribution < 1.29 is 9.90 Å². The first-order chi connectivity index (χ1) is 8.11. The van der Waals surface area contributed by atoms with E-state index in [1.165, 1.54) is 0 Å². The van der Waals surface area contributed by atoms with Crippen LogP contribution in [0.4, 0.5) is 0 Å². The van der Waals surface area contributed by atoms with Crippen LogP contribution in [0.5, 0.6) is 0 Å². The van der Waals surface area contributed by atoms with E-state index in [-0.39, 0.29) is 0 Å². The quantitative estimate of drug-likeness (QED) is 0.881. The molecule has 0 atom stereocenters. The molecular weight excluding hydrogens is 216 g/mol. The SMILES string of the molecule is CCn1nc(C)cc1-c1ccc(C(=O)O)cc1. The lowest BCUT2D eigenvalue weighted by molar-refractivity contribution is 0.0697. The summed E-state index contributed by atoms with van der Waals surface area (Å²) in [5.74, 6) is -0.906. The van der Waals surface area contributed by atoms with Gasteiger partial charge >= 0.3 is 5.97 Å². The number of hydrogen-bond acceptors (Lipinski definition) is 2. The van der Waals surface area contributed by atoms with Gasteiger partial charge < -0.3 is 5.11 Å². The Morgan fingerprint density at radius 3 is 2.53 bits per heavy atom. The van der Waals surface area contributed by atoms with Crippen LogP contribution in [0.15, 0.2) is 30.3 Å². The van der Waals surface area contributed by atoms with Gasteiger partial charge in [0.25, 0.3) is 0 Å². The zero-order chi connectivity index (χ0) is 12.4. The molecule has 0 spiro atoms. The number of aromatic nitrogens is 2. The summed E-state index contributed by atoms with van der Waals surface area (Å²) in [6.07, 6.45) is 0. The van der Waals surface area contributed by atoms with Crippen LogP contribution in [0.3, 0.4) is 0 Å². The molecule has 0 fully saturated rings. The molecule has 0 aliphatic heterocycles. The van der Waals surface area contributed by atoms with Crippen LogP contribution in [0.1, 0.15) is 23.0 Å². The molecule has 0 saturated heterocycles. The van der Waals surface area contributed by atoms with Crippen molar-refractivity contribution in [1.82, 2.24) is 9.78 Å². The Bertz CT molecular complexity index is 541. The van der Waals surface area contributed by atoms with Gasteiger partial charge in [-0.1, -0.05) is 12.1 Å². The molecule has 0 saturated carbocycles. The standard InChI is InChI=1S/C13H14N2O2/c1-3-15-12(8-9(2)14-15)10-4-6-11(7-5-10)13(16)17/h4-8H,3H2,1-2H3,(H,16,17). The van der Waals surface area contributed by atoms with Gasteiger partial charge in [-0.3, -0.25) is 4.68 Å². The zero-order valence-corrected chi connectivity index (χ0v) is 9.84. The topological polar surface area (TPSA) is 55.1 Å². The molecule has 4 heteroatoms. The lowest BCUT2D eigenvalue weighted by atomic mass is 10.1. The van der Waals surface area contributed by atoms with Gasteiger partial charge in [0, 0.05) is 6.54 Å². The Labute approximate surface area is 99.5 Å². The first-order valence-electron chi connectivity index (χ1n) is 5.50. The van der Waals surface area contributed by atoms with Gasteiger partial charge in [-0.25, -0.2) is 4.79 Å². The molecule has 0 amide bonds. The van der Waals surface area contributed by atoms with Crippen LogP contribution in [-0.4, -0.2) is 20.9 Å². The van der Waals surface area contributed by atoms with Crippen LogP contribution in [-0.2, 0) is 6.54 Å². The molecule has 1 N–H and O–H groups in total. The maximum atomic E-state index is 10.8. The summed E-state index contributed by atoms with van der Waals surface area (Å²) in [6.45, 7) is 4.77. The van der Waals surface area contributed by atoms with Gasteiger partial charge in [0.15, 0.2) is 0 Å². The van der Waals surface area contributed by atoms with Crippen molar-refractivity contribution in [2.24, 2.45) is 0 Å². The number of aryl methyl sites for hydroxylation is 2. The van der Waals surface area contributed by atoms with E-state index in [1.807, 2.05) is 36.7 Å². The number of carbonyl (C=O) groups is 1. The highest BCUT2D eigenvalue weighted by Gasteiger charge is 2.08. The van der Waals surface area contributed by atoms with E-state index in [9.17, 15) is 4.79 Å². The van der Waals surface area contributed by atoms with E-state index in [4.69, 9.17) is 5.11 Å². The van der Waals surface area contributed by atoms with E-state index in [0.29, 0.717) is 5.56 Å². The van der Waals surface area contributed by atoms with E-state index in [0.717, 1.165) is 23.5 Å². The fourth-order valence-corrected chi connectivity index (χ4v) is 1.80. The molecule has 0 unspecified atom stereocenters. The van der Waals surface area contributed by atoms with Crippen molar-refractivity contribution in [3.63, 3.8) is 0 Å². The lowest BCUT2D eigenvalue weighted by Crippen LogP contribution is -2.00. The number of nitrogens with zero attached hydrogens (tertiary/aromatic N) is 2. The third-order valence-corrected chi connectivity index (χ3v) is 2.63. The predicted octanol–water partition coefficient (Wildman–Crippen LogP) is 2.58. The molecule has 0 bridgehead atoms. The maximum Gasteiger partial charge on any atom is 0.335 e. The second-order valence-corrected chi connectivity index (χ2v) is 3.87. The number of carboxylic acids is 1. The highest BCUT2D eigenvalue weighted by atomic mass is 16.4. The Balaban J connectivity index is 2.42. The molecule has 0 aliphatic carbocycles. The first-order valence-corrected chi connectivity index (χ1v) is 5.50. The first kappa shape index (κ1) is 11.4. The average molecular weight is 230 g/mol. The summed E-state index contributed by atoms with van der Waals surface area (Å²) in [5.41, 5.74) is 3.26. The van der Waals surface area contributed by atoms with Gasteiger partial charge in [-0.2, -0.15) is 5.10 Å². The molecular formula is C13H14N2O2. The molecule has 0 radical (unpaired) electrons. The molecule has 1 aromatic carbocycles. The van der Waals surface area contributed by atoms with E-state index in [1.54, 1.807) is 12.1 Å². The summed E-state index contributed by atoms with van der Waals surface area (Å²) in [7, 11) is 0. The second kappa shape index (κ2) is 4.41. The second-order valence-electron chi connectivity index (χ2n) is 3.87. The molecule has 2 rings (SSSR count). The Hall–Kier alpha value is -2.10. The van der Waals surface area contributed by atoms with Crippen LogP contribution < -0.4 is 0 Å². The molecule has 2 aromatic rings. The van der Waals surface area contributed by atoms with Crippen molar-refractivity contribution in [1.29, 1.82) is 0 Å². The van der Waals surface area contributed by atoms with Crippen LogP contribution in [0, 0.1) is 6.92 Å². The van der Waals surface area contributed by atoms with Crippen molar-refractivity contribution >= 4 is 5.97 Å². The molecule has 0 aliphatic rings. The smallest absolute Gasteiger partial charge is 0.335 e. The maximum absolute atomic E-state index is 10.8. The monoisotopic (exact) mass is 230 g/mol. The number of hydrogen-bond donors (Lipinski definition) is 1. The van der Waals surface area contributed by atoms with Crippen LogP contribution in [0.25, 0.3) is 11.3 Å². The normalized spacial score (nSPS) is 10.5. The van der Waals surface area contributed by atoms with E-state index < -0.39 is 5.97 Å². The fourth-order valence-electron chi connectivity index (χ4n) is 1.80. The number of aromatic carboxylic acids is 1. The molecule has 4 nitrogen and oxygen atoms in total.